The quantitative estimate of drug-likeness (QED) is 0.621. The second kappa shape index (κ2) is 2.86. The van der Waals surface area contributed by atoms with Gasteiger partial charge in [0.1, 0.15) is 0 Å². The summed E-state index contributed by atoms with van der Waals surface area (Å²) in [6.07, 6.45) is 9.18. The number of nitrogens with zero attached hydrogens (tertiary/aromatic N) is 2. The molecule has 2 unspecified atom stereocenters. The fourth-order valence-electron chi connectivity index (χ4n) is 7.76. The predicted octanol–water partition coefficient (Wildman–Crippen LogP) is 3.53. The van der Waals surface area contributed by atoms with E-state index in [2.05, 4.69) is 0 Å². The third kappa shape index (κ3) is 0.849. The summed E-state index contributed by atoms with van der Waals surface area (Å²) >= 11 is 0. The van der Waals surface area contributed by atoms with E-state index in [0.717, 1.165) is 47.3 Å². The predicted molar refractivity (Wildman–Crippen MR) is 68.1 cm³/mol. The summed E-state index contributed by atoms with van der Waals surface area (Å²) in [6, 6.07) is 1.35. The monoisotopic (exact) mass is 242 g/mol. The summed E-state index contributed by atoms with van der Waals surface area (Å²) in [6.45, 7) is 0. The van der Waals surface area contributed by atoms with Gasteiger partial charge in [-0.3, -0.25) is 0 Å². The first kappa shape index (κ1) is 9.50. The minimum Gasteiger partial charge on any atom is -0.190 e. The Balaban J connectivity index is 1.51. The number of rotatable bonds is 0. The van der Waals surface area contributed by atoms with Crippen molar-refractivity contribution in [2.75, 3.05) is 0 Å². The first-order chi connectivity index (χ1) is 8.92. The van der Waals surface area contributed by atoms with Crippen molar-refractivity contribution in [1.29, 1.82) is 0 Å². The summed E-state index contributed by atoms with van der Waals surface area (Å²) < 4.78 is 0. The third-order valence-corrected chi connectivity index (χ3v) is 8.00. The molecule has 2 nitrogen and oxygen atoms in total. The third-order valence-electron chi connectivity index (χ3n) is 8.00. The Bertz CT molecular complexity index is 372. The van der Waals surface area contributed by atoms with E-state index in [-0.39, 0.29) is 0 Å². The van der Waals surface area contributed by atoms with Crippen LogP contribution in [0.1, 0.15) is 38.5 Å². The number of hydrogen-bond acceptors (Lipinski definition) is 2. The van der Waals surface area contributed by atoms with Gasteiger partial charge in [-0.25, -0.2) is 0 Å². The van der Waals surface area contributed by atoms with Crippen molar-refractivity contribution in [3.63, 3.8) is 0 Å². The van der Waals surface area contributed by atoms with Gasteiger partial charge in [0, 0.05) is 0 Å². The van der Waals surface area contributed by atoms with E-state index in [9.17, 15) is 0 Å². The maximum Gasteiger partial charge on any atom is 0.0776 e. The van der Waals surface area contributed by atoms with Gasteiger partial charge in [-0.15, -0.1) is 0 Å². The average molecular weight is 242 g/mol. The fourth-order valence-corrected chi connectivity index (χ4v) is 7.76. The zero-order valence-electron chi connectivity index (χ0n) is 10.9. The van der Waals surface area contributed by atoms with Crippen LogP contribution in [-0.4, -0.2) is 12.1 Å². The summed E-state index contributed by atoms with van der Waals surface area (Å²) in [5.41, 5.74) is 0. The van der Waals surface area contributed by atoms with Crippen LogP contribution in [-0.2, 0) is 0 Å². The number of azo groups is 1. The molecule has 0 aromatic carbocycles. The van der Waals surface area contributed by atoms with Crippen molar-refractivity contribution in [2.45, 2.75) is 50.6 Å². The average Bonchev–Trinajstić information content (AvgIpc) is 3.19. The molecule has 10 atom stereocenters. The first-order valence-electron chi connectivity index (χ1n) is 8.32. The molecule has 7 rings (SSSR count). The summed E-state index contributed by atoms with van der Waals surface area (Å²) in [7, 11) is 0. The summed E-state index contributed by atoms with van der Waals surface area (Å²) in [5.74, 6) is 8.11. The second-order valence-corrected chi connectivity index (χ2v) is 8.19. The standard InChI is InChI=1S/C16H22N2/c1-2-8-5-7(1)11-12(8)16-14-10-4-3-9(6-10)13(14)15(11)17-18-16/h7-16H,1-6H2/t7-,8+,9-,10+,11-,12-,13-,14+,15?,16?/m1/s1. The minimum atomic E-state index is 0.676. The largest absolute Gasteiger partial charge is 0.190 e. The first-order valence-corrected chi connectivity index (χ1v) is 8.32. The Labute approximate surface area is 109 Å². The molecule has 0 spiro atoms. The Kier molecular flexibility index (Phi) is 1.51. The summed E-state index contributed by atoms with van der Waals surface area (Å²) in [4.78, 5) is 0. The van der Waals surface area contributed by atoms with Crippen molar-refractivity contribution in [1.82, 2.24) is 0 Å². The zero-order valence-corrected chi connectivity index (χ0v) is 10.9. The van der Waals surface area contributed by atoms with E-state index in [0.29, 0.717) is 12.1 Å². The van der Waals surface area contributed by atoms with E-state index in [1.807, 2.05) is 0 Å². The smallest absolute Gasteiger partial charge is 0.0776 e. The number of hydrogen-bond donors (Lipinski definition) is 0. The molecule has 0 aromatic rings. The maximum absolute atomic E-state index is 4.85. The van der Waals surface area contributed by atoms with Crippen LogP contribution in [0.5, 0.6) is 0 Å². The SMILES string of the molecule is C1C[C@H]2C[C@@H]1[C@H]1C3N=NC([C@H]21)[C@H]1[C@H]2CC[C@H](C2)[C@@H]31. The van der Waals surface area contributed by atoms with Gasteiger partial charge < -0.3 is 0 Å². The lowest BCUT2D eigenvalue weighted by atomic mass is 9.54. The molecule has 18 heavy (non-hydrogen) atoms. The Morgan fingerprint density at radius 1 is 0.500 bits per heavy atom. The van der Waals surface area contributed by atoms with Gasteiger partial charge >= 0.3 is 0 Å². The molecular formula is C16H22N2. The molecular weight excluding hydrogens is 220 g/mol. The van der Waals surface area contributed by atoms with Gasteiger partial charge in [-0.05, 0) is 85.9 Å². The fraction of sp³-hybridized carbons (Fsp3) is 1.00. The molecule has 0 N–H and O–H groups in total. The van der Waals surface area contributed by atoms with Crippen molar-refractivity contribution in [3.8, 4) is 0 Å². The van der Waals surface area contributed by atoms with Crippen LogP contribution in [0, 0.1) is 47.3 Å². The van der Waals surface area contributed by atoms with Crippen molar-refractivity contribution < 1.29 is 0 Å². The molecule has 7 aliphatic rings. The lowest BCUT2D eigenvalue weighted by molar-refractivity contribution is -0.0297. The highest BCUT2D eigenvalue weighted by atomic mass is 15.2. The minimum absolute atomic E-state index is 0.676. The molecule has 0 aromatic heterocycles. The van der Waals surface area contributed by atoms with Crippen LogP contribution >= 0.6 is 0 Å². The molecule has 2 aliphatic heterocycles. The molecule has 0 saturated heterocycles. The van der Waals surface area contributed by atoms with Gasteiger partial charge in [0.15, 0.2) is 0 Å². The number of fused-ring (bicyclic) bond motifs is 4. The van der Waals surface area contributed by atoms with Gasteiger partial charge in [0.05, 0.1) is 12.1 Å². The van der Waals surface area contributed by atoms with Gasteiger partial charge in [0.2, 0.25) is 0 Å². The van der Waals surface area contributed by atoms with E-state index in [1.54, 1.807) is 12.8 Å². The molecule has 5 fully saturated rings. The summed E-state index contributed by atoms with van der Waals surface area (Å²) in [5, 5.41) is 9.69. The maximum atomic E-state index is 4.85. The van der Waals surface area contributed by atoms with Gasteiger partial charge in [-0.2, -0.15) is 10.2 Å². The Morgan fingerprint density at radius 2 is 0.833 bits per heavy atom. The zero-order chi connectivity index (χ0) is 11.4. The normalized spacial score (nSPS) is 69.8. The van der Waals surface area contributed by atoms with Crippen LogP contribution in [0.15, 0.2) is 10.2 Å². The van der Waals surface area contributed by atoms with E-state index in [4.69, 9.17) is 10.2 Å². The molecule has 6 bridgehead atoms. The lowest BCUT2D eigenvalue weighted by Crippen LogP contribution is -2.57. The van der Waals surface area contributed by atoms with Crippen molar-refractivity contribution >= 4 is 0 Å². The van der Waals surface area contributed by atoms with Crippen LogP contribution in [0.2, 0.25) is 0 Å². The second-order valence-electron chi connectivity index (χ2n) is 8.19. The Hall–Kier alpha value is -0.400. The van der Waals surface area contributed by atoms with Gasteiger partial charge in [0.25, 0.3) is 0 Å². The molecule has 2 heteroatoms. The molecule has 0 radical (unpaired) electrons. The van der Waals surface area contributed by atoms with Gasteiger partial charge in [-0.1, -0.05) is 0 Å². The molecule has 5 aliphatic carbocycles. The highest BCUT2D eigenvalue weighted by Crippen LogP contribution is 2.69. The van der Waals surface area contributed by atoms with E-state index >= 15 is 0 Å². The molecule has 96 valence electrons. The van der Waals surface area contributed by atoms with E-state index in [1.165, 1.54) is 25.7 Å². The highest BCUT2D eigenvalue weighted by molar-refractivity contribution is 5.19. The topological polar surface area (TPSA) is 24.7 Å². The van der Waals surface area contributed by atoms with Crippen molar-refractivity contribution in [2.24, 2.45) is 57.6 Å². The molecule has 5 saturated carbocycles. The van der Waals surface area contributed by atoms with E-state index < -0.39 is 0 Å². The highest BCUT2D eigenvalue weighted by Gasteiger charge is 2.67. The van der Waals surface area contributed by atoms with Crippen LogP contribution < -0.4 is 0 Å². The molecule has 2 heterocycles. The lowest BCUT2D eigenvalue weighted by Gasteiger charge is -2.54. The van der Waals surface area contributed by atoms with Crippen molar-refractivity contribution in [3.05, 3.63) is 0 Å². The molecule has 0 amide bonds. The van der Waals surface area contributed by atoms with Crippen LogP contribution in [0.3, 0.4) is 0 Å². The Morgan fingerprint density at radius 3 is 1.17 bits per heavy atom. The van der Waals surface area contributed by atoms with Crippen LogP contribution in [0.4, 0.5) is 0 Å². The van der Waals surface area contributed by atoms with Crippen LogP contribution in [0.25, 0.3) is 0 Å².